The van der Waals surface area contributed by atoms with Crippen LogP contribution >= 0.6 is 0 Å². The zero-order valence-corrected chi connectivity index (χ0v) is 12.5. The summed E-state index contributed by atoms with van der Waals surface area (Å²) in [5.74, 6) is 1.75. The van der Waals surface area contributed by atoms with Crippen molar-refractivity contribution in [2.45, 2.75) is 26.8 Å². The highest BCUT2D eigenvalue weighted by Gasteiger charge is 2.13. The monoisotopic (exact) mass is 289 g/mol. The first-order valence-electron chi connectivity index (χ1n) is 6.80. The molecule has 0 amide bonds. The van der Waals surface area contributed by atoms with Gasteiger partial charge in [-0.25, -0.2) is 9.97 Å². The van der Waals surface area contributed by atoms with Crippen LogP contribution < -0.4 is 4.90 Å². The van der Waals surface area contributed by atoms with Gasteiger partial charge in [0.25, 0.3) is 5.69 Å². The molecular formula is C14H19N5O2. The van der Waals surface area contributed by atoms with E-state index in [9.17, 15) is 10.1 Å². The first kappa shape index (κ1) is 15.0. The molecule has 21 heavy (non-hydrogen) atoms. The standard InChI is InChI=1S/C14H19N5O2/c1-11-13(19(20)21)5-6-14(16-11)17(3)8-4-9-18-10-7-15-12(18)2/h5-7,10H,4,8-9H2,1-3H3. The van der Waals surface area contributed by atoms with E-state index in [1.807, 2.05) is 25.1 Å². The minimum absolute atomic E-state index is 0.0567. The molecule has 2 aromatic rings. The summed E-state index contributed by atoms with van der Waals surface area (Å²) in [5.41, 5.74) is 0.496. The summed E-state index contributed by atoms with van der Waals surface area (Å²) in [7, 11) is 1.94. The van der Waals surface area contributed by atoms with Crippen LogP contribution in [0.2, 0.25) is 0 Å². The lowest BCUT2D eigenvalue weighted by Gasteiger charge is -2.18. The summed E-state index contributed by atoms with van der Waals surface area (Å²) < 4.78 is 2.10. The lowest BCUT2D eigenvalue weighted by atomic mass is 10.3. The topological polar surface area (TPSA) is 77.1 Å². The SMILES string of the molecule is Cc1nc(N(C)CCCn2ccnc2C)ccc1[N+](=O)[O-]. The molecule has 0 saturated heterocycles. The summed E-state index contributed by atoms with van der Waals surface area (Å²) in [5, 5.41) is 10.8. The van der Waals surface area contributed by atoms with Gasteiger partial charge in [0.1, 0.15) is 17.3 Å². The van der Waals surface area contributed by atoms with Crippen molar-refractivity contribution in [3.63, 3.8) is 0 Å². The second kappa shape index (κ2) is 6.34. The van der Waals surface area contributed by atoms with E-state index in [0.717, 1.165) is 31.2 Å². The predicted molar refractivity (Wildman–Crippen MR) is 80.5 cm³/mol. The second-order valence-electron chi connectivity index (χ2n) is 4.97. The average molecular weight is 289 g/mol. The van der Waals surface area contributed by atoms with Crippen LogP contribution in [-0.4, -0.2) is 33.1 Å². The van der Waals surface area contributed by atoms with Gasteiger partial charge >= 0.3 is 0 Å². The number of pyridine rings is 1. The van der Waals surface area contributed by atoms with Crippen molar-refractivity contribution in [2.24, 2.45) is 0 Å². The van der Waals surface area contributed by atoms with Gasteiger partial charge in [0, 0.05) is 38.6 Å². The summed E-state index contributed by atoms with van der Waals surface area (Å²) in [6.45, 7) is 5.35. The second-order valence-corrected chi connectivity index (χ2v) is 4.97. The fraction of sp³-hybridized carbons (Fsp3) is 0.429. The van der Waals surface area contributed by atoms with Crippen molar-refractivity contribution in [3.05, 3.63) is 46.2 Å². The molecule has 0 fully saturated rings. The molecule has 7 heteroatoms. The smallest absolute Gasteiger partial charge is 0.290 e. The van der Waals surface area contributed by atoms with E-state index in [1.54, 1.807) is 19.2 Å². The van der Waals surface area contributed by atoms with Gasteiger partial charge in [0.05, 0.1) is 4.92 Å². The number of nitro groups is 1. The highest BCUT2D eigenvalue weighted by Crippen LogP contribution is 2.19. The molecule has 2 rings (SSSR count). The first-order valence-corrected chi connectivity index (χ1v) is 6.80. The largest absolute Gasteiger partial charge is 0.360 e. The van der Waals surface area contributed by atoms with Crippen LogP contribution in [-0.2, 0) is 6.54 Å². The van der Waals surface area contributed by atoms with Gasteiger partial charge in [-0.2, -0.15) is 0 Å². The number of nitrogens with zero attached hydrogens (tertiary/aromatic N) is 5. The van der Waals surface area contributed by atoms with Gasteiger partial charge in [0.15, 0.2) is 0 Å². The highest BCUT2D eigenvalue weighted by atomic mass is 16.6. The number of hydrogen-bond donors (Lipinski definition) is 0. The molecule has 2 aromatic heterocycles. The zero-order valence-electron chi connectivity index (χ0n) is 12.5. The molecule has 0 bridgehead atoms. The van der Waals surface area contributed by atoms with Crippen LogP contribution in [0.5, 0.6) is 0 Å². The van der Waals surface area contributed by atoms with Gasteiger partial charge < -0.3 is 9.47 Å². The molecule has 0 atom stereocenters. The Kier molecular flexibility index (Phi) is 4.52. The number of aryl methyl sites for hydroxylation is 3. The average Bonchev–Trinajstić information content (AvgIpc) is 2.83. The van der Waals surface area contributed by atoms with Crippen molar-refractivity contribution in [3.8, 4) is 0 Å². The number of hydrogen-bond acceptors (Lipinski definition) is 5. The van der Waals surface area contributed by atoms with Gasteiger partial charge in [-0.05, 0) is 26.3 Å². The minimum atomic E-state index is -0.409. The van der Waals surface area contributed by atoms with E-state index >= 15 is 0 Å². The summed E-state index contributed by atoms with van der Waals surface area (Å²) in [4.78, 5) is 20.9. The van der Waals surface area contributed by atoms with Crippen LogP contribution in [0, 0.1) is 24.0 Å². The van der Waals surface area contributed by atoms with Crippen molar-refractivity contribution in [2.75, 3.05) is 18.5 Å². The number of rotatable bonds is 6. The van der Waals surface area contributed by atoms with Crippen LogP contribution in [0.15, 0.2) is 24.5 Å². The molecule has 0 radical (unpaired) electrons. The number of imidazole rings is 1. The van der Waals surface area contributed by atoms with Crippen molar-refractivity contribution in [1.29, 1.82) is 0 Å². The molecule has 0 aliphatic carbocycles. The Labute approximate surface area is 123 Å². The van der Waals surface area contributed by atoms with Crippen LogP contribution in [0.4, 0.5) is 11.5 Å². The van der Waals surface area contributed by atoms with Crippen molar-refractivity contribution >= 4 is 11.5 Å². The Hall–Kier alpha value is -2.44. The van der Waals surface area contributed by atoms with E-state index in [0.29, 0.717) is 5.69 Å². The highest BCUT2D eigenvalue weighted by molar-refractivity contribution is 5.46. The molecule has 0 N–H and O–H groups in total. The Balaban J connectivity index is 1.94. The molecule has 0 spiro atoms. The van der Waals surface area contributed by atoms with Gasteiger partial charge in [-0.15, -0.1) is 0 Å². The Morgan fingerprint density at radius 3 is 2.71 bits per heavy atom. The van der Waals surface area contributed by atoms with E-state index in [-0.39, 0.29) is 5.69 Å². The third-order valence-electron chi connectivity index (χ3n) is 3.45. The van der Waals surface area contributed by atoms with Gasteiger partial charge in [-0.3, -0.25) is 10.1 Å². The lowest BCUT2D eigenvalue weighted by molar-refractivity contribution is -0.385. The van der Waals surface area contributed by atoms with E-state index in [4.69, 9.17) is 0 Å². The maximum absolute atomic E-state index is 10.8. The van der Waals surface area contributed by atoms with Crippen LogP contribution in [0.25, 0.3) is 0 Å². The van der Waals surface area contributed by atoms with Crippen molar-refractivity contribution in [1.82, 2.24) is 14.5 Å². The maximum atomic E-state index is 10.8. The number of aromatic nitrogens is 3. The Morgan fingerprint density at radius 2 is 2.14 bits per heavy atom. The summed E-state index contributed by atoms with van der Waals surface area (Å²) >= 11 is 0. The Bertz CT molecular complexity index is 638. The minimum Gasteiger partial charge on any atom is -0.360 e. The molecule has 0 aliphatic rings. The molecular weight excluding hydrogens is 270 g/mol. The van der Waals surface area contributed by atoms with Gasteiger partial charge in [-0.1, -0.05) is 0 Å². The fourth-order valence-electron chi connectivity index (χ4n) is 2.18. The first-order chi connectivity index (χ1) is 9.99. The maximum Gasteiger partial charge on any atom is 0.290 e. The fourth-order valence-corrected chi connectivity index (χ4v) is 2.18. The molecule has 2 heterocycles. The van der Waals surface area contributed by atoms with Crippen LogP contribution in [0.1, 0.15) is 17.9 Å². The molecule has 7 nitrogen and oxygen atoms in total. The van der Waals surface area contributed by atoms with Crippen molar-refractivity contribution < 1.29 is 4.92 Å². The number of anilines is 1. The lowest BCUT2D eigenvalue weighted by Crippen LogP contribution is -2.21. The quantitative estimate of drug-likeness (QED) is 0.602. The summed E-state index contributed by atoms with van der Waals surface area (Å²) in [6, 6.07) is 3.20. The molecule has 0 saturated carbocycles. The third kappa shape index (κ3) is 3.56. The van der Waals surface area contributed by atoms with E-state index < -0.39 is 4.92 Å². The zero-order chi connectivity index (χ0) is 15.4. The molecule has 0 unspecified atom stereocenters. The third-order valence-corrected chi connectivity index (χ3v) is 3.45. The molecule has 112 valence electrons. The summed E-state index contributed by atoms with van der Waals surface area (Å²) in [6.07, 6.45) is 4.70. The van der Waals surface area contributed by atoms with Crippen LogP contribution in [0.3, 0.4) is 0 Å². The molecule has 0 aliphatic heterocycles. The molecule has 0 aromatic carbocycles. The predicted octanol–water partition coefficient (Wildman–Crippen LogP) is 2.33. The van der Waals surface area contributed by atoms with E-state index in [2.05, 4.69) is 14.5 Å². The van der Waals surface area contributed by atoms with Gasteiger partial charge in [0.2, 0.25) is 0 Å². The Morgan fingerprint density at radius 1 is 1.38 bits per heavy atom. The van der Waals surface area contributed by atoms with E-state index in [1.165, 1.54) is 6.07 Å². The normalized spacial score (nSPS) is 10.6.